The molecule has 0 aliphatic carbocycles. The van der Waals surface area contributed by atoms with Crippen LogP contribution in [0.4, 0.5) is 0 Å². The average molecular weight is 282 g/mol. The van der Waals surface area contributed by atoms with Crippen molar-refractivity contribution in [1.29, 1.82) is 0 Å². The summed E-state index contributed by atoms with van der Waals surface area (Å²) in [5.41, 5.74) is -0.409. The molecular formula is C12H14N2O4S. The molecular weight excluding hydrogens is 268 g/mol. The summed E-state index contributed by atoms with van der Waals surface area (Å²) in [4.78, 5) is 28.2. The molecule has 0 aliphatic heterocycles. The van der Waals surface area contributed by atoms with E-state index >= 15 is 0 Å². The number of aliphatic hydroxyl groups excluding tert-OH is 1. The van der Waals surface area contributed by atoms with Crippen LogP contribution in [-0.4, -0.2) is 32.3 Å². The minimum atomic E-state index is -1.14. The van der Waals surface area contributed by atoms with Gasteiger partial charge in [-0.3, -0.25) is 9.36 Å². The summed E-state index contributed by atoms with van der Waals surface area (Å²) < 4.78 is 1.37. The number of carboxylic acids is 1. The molecule has 0 atom stereocenters. The monoisotopic (exact) mass is 282 g/mol. The van der Waals surface area contributed by atoms with Gasteiger partial charge in [0.2, 0.25) is 0 Å². The van der Waals surface area contributed by atoms with Gasteiger partial charge < -0.3 is 10.2 Å². The number of aromatic carboxylic acids is 1. The average Bonchev–Trinajstić information content (AvgIpc) is 2.78. The summed E-state index contributed by atoms with van der Waals surface area (Å²) >= 11 is 1.16. The molecule has 2 rings (SSSR count). The van der Waals surface area contributed by atoms with Crippen LogP contribution < -0.4 is 5.56 Å². The summed E-state index contributed by atoms with van der Waals surface area (Å²) in [6, 6.07) is 0. The molecule has 2 N–H and O–H groups in total. The number of fused-ring (bicyclic) bond motifs is 1. The first-order valence-electron chi connectivity index (χ1n) is 5.95. The Kier molecular flexibility index (Phi) is 3.96. The number of nitrogens with zero attached hydrogens (tertiary/aromatic N) is 2. The summed E-state index contributed by atoms with van der Waals surface area (Å²) in [5.74, 6) is -0.545. The van der Waals surface area contributed by atoms with Crippen LogP contribution in [0.15, 0.2) is 10.2 Å². The molecule has 0 unspecified atom stereocenters. The normalized spacial score (nSPS) is 11.1. The van der Waals surface area contributed by atoms with E-state index in [2.05, 4.69) is 4.98 Å². The van der Waals surface area contributed by atoms with Gasteiger partial charge in [0.05, 0.1) is 24.1 Å². The molecule has 0 radical (unpaired) electrons. The number of hydrogen-bond acceptors (Lipinski definition) is 5. The van der Waals surface area contributed by atoms with E-state index in [0.717, 1.165) is 17.8 Å². The molecule has 2 aromatic heterocycles. The standard InChI is InChI=1S/C12H14N2O4S/c1-2-3-8-13-10-9(7(6-19-10)12(17)18)11(16)14(8)4-5-15/h6,15H,2-5H2,1H3,(H,17,18). The molecule has 0 amide bonds. The number of hydrogen-bond donors (Lipinski definition) is 2. The summed E-state index contributed by atoms with van der Waals surface area (Å²) in [6.07, 6.45) is 1.44. The van der Waals surface area contributed by atoms with Crippen LogP contribution in [0.2, 0.25) is 0 Å². The quantitative estimate of drug-likeness (QED) is 0.856. The maximum absolute atomic E-state index is 12.4. The molecule has 7 heteroatoms. The number of aryl methyl sites for hydroxylation is 1. The Morgan fingerprint density at radius 3 is 2.84 bits per heavy atom. The van der Waals surface area contributed by atoms with Gasteiger partial charge in [-0.05, 0) is 6.42 Å². The predicted molar refractivity (Wildman–Crippen MR) is 71.9 cm³/mol. The topological polar surface area (TPSA) is 92.4 Å². The largest absolute Gasteiger partial charge is 0.478 e. The molecule has 0 saturated heterocycles. The zero-order valence-electron chi connectivity index (χ0n) is 10.4. The van der Waals surface area contributed by atoms with Gasteiger partial charge in [-0.2, -0.15) is 0 Å². The fourth-order valence-electron chi connectivity index (χ4n) is 1.97. The van der Waals surface area contributed by atoms with Gasteiger partial charge in [0, 0.05) is 11.8 Å². The van der Waals surface area contributed by atoms with Crippen LogP contribution >= 0.6 is 11.3 Å². The van der Waals surface area contributed by atoms with Crippen LogP contribution in [0.5, 0.6) is 0 Å². The van der Waals surface area contributed by atoms with E-state index in [4.69, 9.17) is 10.2 Å². The fourth-order valence-corrected chi connectivity index (χ4v) is 2.89. The molecule has 2 aromatic rings. The van der Waals surface area contributed by atoms with Crippen molar-refractivity contribution in [3.8, 4) is 0 Å². The van der Waals surface area contributed by atoms with Crippen LogP contribution in [0.3, 0.4) is 0 Å². The van der Waals surface area contributed by atoms with Crippen molar-refractivity contribution in [3.63, 3.8) is 0 Å². The third kappa shape index (κ3) is 2.39. The van der Waals surface area contributed by atoms with Crippen molar-refractivity contribution in [1.82, 2.24) is 9.55 Å². The molecule has 0 aromatic carbocycles. The third-order valence-corrected chi connectivity index (χ3v) is 3.67. The van der Waals surface area contributed by atoms with E-state index in [9.17, 15) is 9.59 Å². The number of thiophene rings is 1. The van der Waals surface area contributed by atoms with Crippen molar-refractivity contribution in [2.75, 3.05) is 6.61 Å². The minimum Gasteiger partial charge on any atom is -0.478 e. The number of carbonyl (C=O) groups is 1. The van der Waals surface area contributed by atoms with Gasteiger partial charge in [0.15, 0.2) is 0 Å². The molecule has 6 nitrogen and oxygen atoms in total. The van der Waals surface area contributed by atoms with Crippen LogP contribution in [0, 0.1) is 0 Å². The Balaban J connectivity index is 2.76. The maximum Gasteiger partial charge on any atom is 0.337 e. The molecule has 0 fully saturated rings. The molecule has 0 saturated carbocycles. The van der Waals surface area contributed by atoms with Crippen molar-refractivity contribution in [2.24, 2.45) is 0 Å². The molecule has 0 spiro atoms. The Labute approximate surface area is 113 Å². The van der Waals surface area contributed by atoms with E-state index in [-0.39, 0.29) is 29.7 Å². The number of aromatic nitrogens is 2. The van der Waals surface area contributed by atoms with E-state index in [1.165, 1.54) is 9.95 Å². The Morgan fingerprint density at radius 2 is 2.26 bits per heavy atom. The predicted octanol–water partition coefficient (Wildman–Crippen LogP) is 1.10. The molecule has 19 heavy (non-hydrogen) atoms. The molecule has 0 bridgehead atoms. The van der Waals surface area contributed by atoms with Crippen LogP contribution in [-0.2, 0) is 13.0 Å². The zero-order valence-corrected chi connectivity index (χ0v) is 11.2. The first-order chi connectivity index (χ1) is 9.10. The lowest BCUT2D eigenvalue weighted by atomic mass is 10.2. The molecule has 102 valence electrons. The second kappa shape index (κ2) is 5.50. The highest BCUT2D eigenvalue weighted by molar-refractivity contribution is 7.17. The second-order valence-electron chi connectivity index (χ2n) is 4.09. The van der Waals surface area contributed by atoms with E-state index in [1.54, 1.807) is 0 Å². The lowest BCUT2D eigenvalue weighted by Crippen LogP contribution is -2.27. The second-order valence-corrected chi connectivity index (χ2v) is 4.95. The Bertz CT molecular complexity index is 674. The Morgan fingerprint density at radius 1 is 1.53 bits per heavy atom. The molecule has 2 heterocycles. The van der Waals surface area contributed by atoms with Gasteiger partial charge in [-0.1, -0.05) is 6.92 Å². The first kappa shape index (κ1) is 13.7. The highest BCUT2D eigenvalue weighted by Gasteiger charge is 2.18. The van der Waals surface area contributed by atoms with E-state index in [0.29, 0.717) is 17.1 Å². The van der Waals surface area contributed by atoms with E-state index in [1.807, 2.05) is 6.92 Å². The SMILES string of the molecule is CCCc1nc2scc(C(=O)O)c2c(=O)n1CCO. The van der Waals surface area contributed by atoms with Crippen LogP contribution in [0.25, 0.3) is 10.2 Å². The highest BCUT2D eigenvalue weighted by Crippen LogP contribution is 2.22. The van der Waals surface area contributed by atoms with Gasteiger partial charge in [-0.15, -0.1) is 11.3 Å². The highest BCUT2D eigenvalue weighted by atomic mass is 32.1. The van der Waals surface area contributed by atoms with Crippen molar-refractivity contribution in [2.45, 2.75) is 26.3 Å². The summed E-state index contributed by atoms with van der Waals surface area (Å²) in [6.45, 7) is 1.92. The van der Waals surface area contributed by atoms with Crippen LogP contribution in [0.1, 0.15) is 29.5 Å². The lowest BCUT2D eigenvalue weighted by molar-refractivity contribution is 0.0699. The fraction of sp³-hybridized carbons (Fsp3) is 0.417. The summed E-state index contributed by atoms with van der Waals surface area (Å²) in [5, 5.41) is 19.7. The number of aliphatic hydroxyl groups is 1. The van der Waals surface area contributed by atoms with Gasteiger partial charge in [-0.25, -0.2) is 9.78 Å². The first-order valence-corrected chi connectivity index (χ1v) is 6.83. The lowest BCUT2D eigenvalue weighted by Gasteiger charge is -2.10. The van der Waals surface area contributed by atoms with E-state index < -0.39 is 5.97 Å². The third-order valence-electron chi connectivity index (χ3n) is 2.80. The van der Waals surface area contributed by atoms with Crippen molar-refractivity contribution < 1.29 is 15.0 Å². The number of rotatable bonds is 5. The molecule has 0 aliphatic rings. The minimum absolute atomic E-state index is 0.0211. The van der Waals surface area contributed by atoms with Crippen molar-refractivity contribution >= 4 is 27.5 Å². The maximum atomic E-state index is 12.4. The number of carboxylic acid groups (broad SMARTS) is 1. The summed E-state index contributed by atoms with van der Waals surface area (Å²) in [7, 11) is 0. The van der Waals surface area contributed by atoms with Gasteiger partial charge in [0.25, 0.3) is 5.56 Å². The zero-order chi connectivity index (χ0) is 14.0. The van der Waals surface area contributed by atoms with Gasteiger partial charge in [0.1, 0.15) is 10.7 Å². The van der Waals surface area contributed by atoms with Gasteiger partial charge >= 0.3 is 5.97 Å². The Hall–Kier alpha value is -1.73. The van der Waals surface area contributed by atoms with Crippen molar-refractivity contribution in [3.05, 3.63) is 27.1 Å². The smallest absolute Gasteiger partial charge is 0.337 e.